The smallest absolute Gasteiger partial charge is 0.124 e. The summed E-state index contributed by atoms with van der Waals surface area (Å²) >= 11 is 0. The van der Waals surface area contributed by atoms with Crippen LogP contribution >= 0.6 is 7.14 Å². The van der Waals surface area contributed by atoms with Gasteiger partial charge in [-0.2, -0.15) is 0 Å². The zero-order valence-electron chi connectivity index (χ0n) is 19.8. The standard InChI is InChI=1S/C28H35OP/c1-18-9-10-21(4)28(15-18)30(29,16-26-22(5)11-19(2)12-23(26)6)17-27-24(7)13-20(3)14-25(27)8/h9-15H,16-17H2,1-8H3. The molecule has 0 heterocycles. The van der Waals surface area contributed by atoms with E-state index in [9.17, 15) is 4.57 Å². The monoisotopic (exact) mass is 418 g/mol. The van der Waals surface area contributed by atoms with E-state index in [1.54, 1.807) is 0 Å². The Labute approximate surface area is 182 Å². The molecule has 0 bridgehead atoms. The third-order valence-corrected chi connectivity index (χ3v) is 9.33. The zero-order chi connectivity index (χ0) is 22.2. The first-order valence-electron chi connectivity index (χ1n) is 10.8. The Balaban J connectivity index is 2.20. The Kier molecular flexibility index (Phi) is 6.44. The van der Waals surface area contributed by atoms with Crippen molar-refractivity contribution >= 4 is 12.4 Å². The molecule has 0 amide bonds. The van der Waals surface area contributed by atoms with E-state index < -0.39 is 7.14 Å². The topological polar surface area (TPSA) is 17.1 Å². The predicted molar refractivity (Wildman–Crippen MR) is 132 cm³/mol. The fraction of sp³-hybridized carbons (Fsp3) is 0.357. The number of aryl methyl sites for hydroxylation is 8. The second-order valence-electron chi connectivity index (χ2n) is 9.25. The first-order valence-corrected chi connectivity index (χ1v) is 12.9. The first-order chi connectivity index (χ1) is 14.0. The molecule has 3 aromatic rings. The van der Waals surface area contributed by atoms with Gasteiger partial charge in [0.25, 0.3) is 0 Å². The maximum atomic E-state index is 14.9. The largest absolute Gasteiger partial charge is 0.318 e. The molecule has 30 heavy (non-hydrogen) atoms. The van der Waals surface area contributed by atoms with Crippen LogP contribution < -0.4 is 5.30 Å². The molecule has 0 N–H and O–H groups in total. The Morgan fingerprint density at radius 2 is 0.933 bits per heavy atom. The summed E-state index contributed by atoms with van der Waals surface area (Å²) in [4.78, 5) is 0. The lowest BCUT2D eigenvalue weighted by Crippen LogP contribution is -2.15. The fourth-order valence-electron chi connectivity index (χ4n) is 4.81. The van der Waals surface area contributed by atoms with Crippen LogP contribution in [0.2, 0.25) is 0 Å². The van der Waals surface area contributed by atoms with E-state index in [1.807, 2.05) is 0 Å². The van der Waals surface area contributed by atoms with Crippen LogP contribution in [0.1, 0.15) is 55.6 Å². The highest BCUT2D eigenvalue weighted by Gasteiger charge is 2.30. The lowest BCUT2D eigenvalue weighted by Gasteiger charge is -2.25. The van der Waals surface area contributed by atoms with Crippen LogP contribution in [0.5, 0.6) is 0 Å². The highest BCUT2D eigenvalue weighted by atomic mass is 31.2. The highest BCUT2D eigenvalue weighted by Crippen LogP contribution is 2.53. The lowest BCUT2D eigenvalue weighted by atomic mass is 10.0. The molecular formula is C28H35OP. The van der Waals surface area contributed by atoms with Gasteiger partial charge in [-0.05, 0) is 100 Å². The van der Waals surface area contributed by atoms with Crippen molar-refractivity contribution < 1.29 is 4.57 Å². The van der Waals surface area contributed by atoms with Gasteiger partial charge >= 0.3 is 0 Å². The molecule has 0 unspecified atom stereocenters. The van der Waals surface area contributed by atoms with E-state index in [-0.39, 0.29) is 0 Å². The van der Waals surface area contributed by atoms with Crippen LogP contribution in [0, 0.1) is 55.4 Å². The van der Waals surface area contributed by atoms with E-state index in [0.29, 0.717) is 12.3 Å². The predicted octanol–water partition coefficient (Wildman–Crippen LogP) is 7.54. The third-order valence-electron chi connectivity index (χ3n) is 6.31. The van der Waals surface area contributed by atoms with Gasteiger partial charge in [-0.3, -0.25) is 0 Å². The Hall–Kier alpha value is -2.11. The molecule has 3 aromatic carbocycles. The molecule has 2 heteroatoms. The molecular weight excluding hydrogens is 383 g/mol. The van der Waals surface area contributed by atoms with Crippen molar-refractivity contribution in [2.75, 3.05) is 0 Å². The summed E-state index contributed by atoms with van der Waals surface area (Å²) in [5, 5.41) is 1.04. The molecule has 0 fully saturated rings. The maximum absolute atomic E-state index is 14.9. The van der Waals surface area contributed by atoms with Crippen molar-refractivity contribution in [1.82, 2.24) is 0 Å². The van der Waals surface area contributed by atoms with Gasteiger partial charge in [0.2, 0.25) is 0 Å². The van der Waals surface area contributed by atoms with Crippen molar-refractivity contribution in [1.29, 1.82) is 0 Å². The highest BCUT2D eigenvalue weighted by molar-refractivity contribution is 7.70. The summed E-state index contributed by atoms with van der Waals surface area (Å²) in [6.07, 6.45) is 1.23. The van der Waals surface area contributed by atoms with Gasteiger partial charge in [0, 0.05) is 17.6 Å². The van der Waals surface area contributed by atoms with Gasteiger partial charge in [0.05, 0.1) is 0 Å². The van der Waals surface area contributed by atoms with Gasteiger partial charge in [-0.25, -0.2) is 0 Å². The van der Waals surface area contributed by atoms with E-state index in [4.69, 9.17) is 0 Å². The van der Waals surface area contributed by atoms with Crippen LogP contribution in [0.15, 0.2) is 42.5 Å². The Morgan fingerprint density at radius 1 is 0.533 bits per heavy atom. The molecule has 0 aliphatic carbocycles. The number of benzene rings is 3. The molecule has 1 nitrogen and oxygen atoms in total. The van der Waals surface area contributed by atoms with E-state index >= 15 is 0 Å². The van der Waals surface area contributed by atoms with Gasteiger partial charge in [0.1, 0.15) is 7.14 Å². The molecule has 0 atom stereocenters. The summed E-state index contributed by atoms with van der Waals surface area (Å²) in [6, 6.07) is 15.3. The second-order valence-corrected chi connectivity index (χ2v) is 12.1. The molecule has 0 aliphatic heterocycles. The van der Waals surface area contributed by atoms with Crippen LogP contribution in [0.3, 0.4) is 0 Å². The summed E-state index contributed by atoms with van der Waals surface area (Å²) in [6.45, 7) is 17.1. The maximum Gasteiger partial charge on any atom is 0.124 e. The average molecular weight is 419 g/mol. The zero-order valence-corrected chi connectivity index (χ0v) is 20.7. The van der Waals surface area contributed by atoms with Crippen LogP contribution in [-0.2, 0) is 16.9 Å². The molecule has 0 saturated carbocycles. The molecule has 0 saturated heterocycles. The van der Waals surface area contributed by atoms with Gasteiger partial charge in [0.15, 0.2) is 0 Å². The van der Waals surface area contributed by atoms with Crippen molar-refractivity contribution in [3.63, 3.8) is 0 Å². The molecule has 0 aromatic heterocycles. The van der Waals surface area contributed by atoms with E-state index in [0.717, 1.165) is 10.9 Å². The lowest BCUT2D eigenvalue weighted by molar-refractivity contribution is 0.579. The van der Waals surface area contributed by atoms with Crippen molar-refractivity contribution in [3.8, 4) is 0 Å². The van der Waals surface area contributed by atoms with Crippen LogP contribution in [0.4, 0.5) is 0 Å². The van der Waals surface area contributed by atoms with Crippen molar-refractivity contribution in [3.05, 3.63) is 98.1 Å². The van der Waals surface area contributed by atoms with Gasteiger partial charge < -0.3 is 4.57 Å². The molecule has 3 rings (SSSR count). The third kappa shape index (κ3) is 4.62. The second kappa shape index (κ2) is 8.56. The summed E-state index contributed by atoms with van der Waals surface area (Å²) in [5.41, 5.74) is 12.3. The first kappa shape index (κ1) is 22.6. The normalized spacial score (nSPS) is 11.7. The minimum Gasteiger partial charge on any atom is -0.318 e. The van der Waals surface area contributed by atoms with Crippen molar-refractivity contribution in [2.45, 2.75) is 67.7 Å². The van der Waals surface area contributed by atoms with E-state index in [1.165, 1.54) is 50.1 Å². The minimum absolute atomic E-state index is 0.613. The molecule has 158 valence electrons. The summed E-state index contributed by atoms with van der Waals surface area (Å²) in [7, 11) is -2.72. The Morgan fingerprint density at radius 3 is 1.33 bits per heavy atom. The average Bonchev–Trinajstić information content (AvgIpc) is 2.63. The van der Waals surface area contributed by atoms with Gasteiger partial charge in [-0.1, -0.05) is 53.1 Å². The Bertz CT molecular complexity index is 1040. The number of hydrogen-bond donors (Lipinski definition) is 0. The molecule has 0 aliphatic rings. The van der Waals surface area contributed by atoms with Crippen molar-refractivity contribution in [2.24, 2.45) is 0 Å². The number of hydrogen-bond acceptors (Lipinski definition) is 1. The van der Waals surface area contributed by atoms with E-state index in [2.05, 4.69) is 97.9 Å². The summed E-state index contributed by atoms with van der Waals surface area (Å²) < 4.78 is 14.9. The molecule has 0 radical (unpaired) electrons. The van der Waals surface area contributed by atoms with Crippen LogP contribution in [0.25, 0.3) is 0 Å². The fourth-order valence-corrected chi connectivity index (χ4v) is 8.44. The number of rotatable bonds is 5. The SMILES string of the molecule is Cc1cc(C)c(CP(=O)(Cc2c(C)cc(C)cc2C)c2cc(C)ccc2C)c(C)c1. The van der Waals surface area contributed by atoms with Crippen LogP contribution in [-0.4, -0.2) is 0 Å². The quantitative estimate of drug-likeness (QED) is 0.391. The summed E-state index contributed by atoms with van der Waals surface area (Å²) in [5.74, 6) is 0. The van der Waals surface area contributed by atoms with Gasteiger partial charge in [-0.15, -0.1) is 0 Å². The minimum atomic E-state index is -2.72. The molecule has 0 spiro atoms.